The third-order valence-electron chi connectivity index (χ3n) is 0.985. The second kappa shape index (κ2) is 2.86. The molecule has 0 spiro atoms. The van der Waals surface area contributed by atoms with Gasteiger partial charge in [-0.3, -0.25) is 5.01 Å². The minimum Gasteiger partial charge on any atom is -0.273 e. The largest absolute Gasteiger partial charge is 0.273 e. The molecule has 0 bridgehead atoms. The number of rotatable bonds is 2. The van der Waals surface area contributed by atoms with Gasteiger partial charge in [0.05, 0.1) is 11.8 Å². The van der Waals surface area contributed by atoms with Gasteiger partial charge in [0, 0.05) is 6.20 Å². The Morgan fingerprint density at radius 3 is 3.00 bits per heavy atom. The average molecular weight is 125 g/mol. The maximum atomic E-state index is 9.61. The van der Waals surface area contributed by atoms with Crippen molar-refractivity contribution in [3.05, 3.63) is 29.3 Å². The summed E-state index contributed by atoms with van der Waals surface area (Å²) < 4.78 is 0. The highest BCUT2D eigenvalue weighted by molar-refractivity contribution is 5.07. The van der Waals surface area contributed by atoms with E-state index in [1.807, 2.05) is 18.2 Å². The van der Waals surface area contributed by atoms with E-state index in [0.29, 0.717) is 6.54 Å². The summed E-state index contributed by atoms with van der Waals surface area (Å²) in [5.41, 5.74) is 2.25. The monoisotopic (exact) mass is 125 g/mol. The Morgan fingerprint density at radius 1 is 1.56 bits per heavy atom. The molecule has 48 valence electrons. The van der Waals surface area contributed by atoms with E-state index in [1.165, 1.54) is 0 Å². The molecule has 0 radical (unpaired) electrons. The molecule has 4 heteroatoms. The summed E-state index contributed by atoms with van der Waals surface area (Å²) in [7, 11) is 0. The van der Waals surface area contributed by atoms with Gasteiger partial charge >= 0.3 is 0 Å². The number of nitrogens with one attached hydrogen (secondary N) is 1. The van der Waals surface area contributed by atoms with E-state index in [-0.39, 0.29) is 0 Å². The molecule has 9 heavy (non-hydrogen) atoms. The Labute approximate surface area is 52.8 Å². The molecule has 0 atom stereocenters. The van der Waals surface area contributed by atoms with Gasteiger partial charge in [-0.05, 0) is 6.08 Å². The number of hydrogen-bond donors (Lipinski definition) is 1. The Balaban J connectivity index is 2.36. The lowest BCUT2D eigenvalue weighted by Crippen LogP contribution is -2.29. The van der Waals surface area contributed by atoms with Crippen LogP contribution in [0.5, 0.6) is 0 Å². The fourth-order valence-corrected chi connectivity index (χ4v) is 0.594. The standard InChI is InChI=1S/C5H7N3O/c9-7-6-8-4-2-1-3-5-8/h1-4H,5H2,(H,6,9). The molecule has 0 amide bonds. The van der Waals surface area contributed by atoms with Crippen LogP contribution in [0.15, 0.2) is 29.7 Å². The molecule has 0 aromatic heterocycles. The highest BCUT2D eigenvalue weighted by Crippen LogP contribution is 1.92. The summed E-state index contributed by atoms with van der Waals surface area (Å²) in [6.45, 7) is 0.683. The number of nitroso groups, excluding NO2 is 1. The zero-order valence-electron chi connectivity index (χ0n) is 4.82. The lowest BCUT2D eigenvalue weighted by molar-refractivity contribution is 0.301. The third-order valence-corrected chi connectivity index (χ3v) is 0.985. The van der Waals surface area contributed by atoms with Crippen LogP contribution in [0.25, 0.3) is 0 Å². The van der Waals surface area contributed by atoms with Crippen LogP contribution in [0.4, 0.5) is 0 Å². The molecular formula is C5H7N3O. The van der Waals surface area contributed by atoms with Crippen LogP contribution < -0.4 is 5.53 Å². The first-order chi connectivity index (χ1) is 4.43. The molecule has 4 nitrogen and oxygen atoms in total. The Morgan fingerprint density at radius 2 is 2.44 bits per heavy atom. The van der Waals surface area contributed by atoms with E-state index < -0.39 is 0 Å². The van der Waals surface area contributed by atoms with Gasteiger partial charge < -0.3 is 0 Å². The van der Waals surface area contributed by atoms with E-state index in [4.69, 9.17) is 0 Å². The number of allylic oxidation sites excluding steroid dienone is 2. The second-order valence-corrected chi connectivity index (χ2v) is 1.61. The maximum Gasteiger partial charge on any atom is 0.0705 e. The van der Waals surface area contributed by atoms with Crippen molar-refractivity contribution in [1.82, 2.24) is 10.5 Å². The second-order valence-electron chi connectivity index (χ2n) is 1.61. The highest BCUT2D eigenvalue weighted by Gasteiger charge is 1.94. The fourth-order valence-electron chi connectivity index (χ4n) is 0.594. The van der Waals surface area contributed by atoms with Gasteiger partial charge in [0.2, 0.25) is 0 Å². The first-order valence-electron chi connectivity index (χ1n) is 2.61. The molecule has 0 aromatic rings. The summed E-state index contributed by atoms with van der Waals surface area (Å²) >= 11 is 0. The van der Waals surface area contributed by atoms with E-state index in [0.717, 1.165) is 0 Å². The molecule has 1 N–H and O–H groups in total. The molecular weight excluding hydrogens is 118 g/mol. The quantitative estimate of drug-likeness (QED) is 0.433. The molecule has 0 saturated carbocycles. The summed E-state index contributed by atoms with van der Waals surface area (Å²) in [6.07, 6.45) is 7.38. The van der Waals surface area contributed by atoms with Crippen LogP contribution in [0, 0.1) is 4.91 Å². The fraction of sp³-hybridized carbons (Fsp3) is 0.200. The van der Waals surface area contributed by atoms with Crippen LogP contribution in [0.2, 0.25) is 0 Å². The van der Waals surface area contributed by atoms with Crippen LogP contribution in [-0.4, -0.2) is 11.6 Å². The van der Waals surface area contributed by atoms with Gasteiger partial charge in [-0.25, -0.2) is 0 Å². The molecule has 1 aliphatic heterocycles. The Kier molecular flexibility index (Phi) is 1.85. The Bertz CT molecular complexity index is 150. The van der Waals surface area contributed by atoms with Crippen LogP contribution >= 0.6 is 0 Å². The molecule has 0 fully saturated rings. The molecule has 0 unspecified atom stereocenters. The van der Waals surface area contributed by atoms with Crippen molar-refractivity contribution in [1.29, 1.82) is 0 Å². The van der Waals surface area contributed by atoms with Crippen molar-refractivity contribution >= 4 is 0 Å². The van der Waals surface area contributed by atoms with Crippen molar-refractivity contribution in [3.8, 4) is 0 Å². The van der Waals surface area contributed by atoms with Crippen molar-refractivity contribution in [2.75, 3.05) is 6.54 Å². The first-order valence-corrected chi connectivity index (χ1v) is 2.61. The van der Waals surface area contributed by atoms with Gasteiger partial charge in [-0.1, -0.05) is 12.2 Å². The summed E-state index contributed by atoms with van der Waals surface area (Å²) in [4.78, 5) is 9.61. The predicted octanol–water partition coefficient (Wildman–Crippen LogP) is 0.558. The minimum absolute atomic E-state index is 0.683. The van der Waals surface area contributed by atoms with Crippen molar-refractivity contribution in [2.24, 2.45) is 5.29 Å². The van der Waals surface area contributed by atoms with Crippen molar-refractivity contribution in [3.63, 3.8) is 0 Å². The molecule has 0 aliphatic carbocycles. The van der Waals surface area contributed by atoms with E-state index in [9.17, 15) is 4.91 Å². The zero-order chi connectivity index (χ0) is 6.53. The lowest BCUT2D eigenvalue weighted by atomic mass is 10.4. The van der Waals surface area contributed by atoms with Gasteiger partial charge in [0.25, 0.3) is 0 Å². The number of hydrazine groups is 1. The highest BCUT2D eigenvalue weighted by atomic mass is 16.3. The molecule has 1 heterocycles. The van der Waals surface area contributed by atoms with Crippen LogP contribution in [0.1, 0.15) is 0 Å². The summed E-state index contributed by atoms with van der Waals surface area (Å²) in [5, 5.41) is 4.08. The third kappa shape index (κ3) is 1.56. The smallest absolute Gasteiger partial charge is 0.0705 e. The number of nitrogens with zero attached hydrogens (tertiary/aromatic N) is 2. The lowest BCUT2D eigenvalue weighted by Gasteiger charge is -2.15. The number of hydrogen-bond acceptors (Lipinski definition) is 3. The van der Waals surface area contributed by atoms with E-state index in [2.05, 4.69) is 10.8 Å². The SMILES string of the molecule is O=NNN1C=CC=CC1. The molecule has 0 aromatic carbocycles. The van der Waals surface area contributed by atoms with Crippen molar-refractivity contribution in [2.45, 2.75) is 0 Å². The van der Waals surface area contributed by atoms with Crippen LogP contribution in [0.3, 0.4) is 0 Å². The summed E-state index contributed by atoms with van der Waals surface area (Å²) in [5.74, 6) is 0. The topological polar surface area (TPSA) is 44.7 Å². The Hall–Kier alpha value is -1.32. The predicted molar refractivity (Wildman–Crippen MR) is 33.9 cm³/mol. The molecule has 0 saturated heterocycles. The molecule has 1 aliphatic rings. The first kappa shape index (κ1) is 5.81. The average Bonchev–Trinajstić information content (AvgIpc) is 1.91. The summed E-state index contributed by atoms with van der Waals surface area (Å²) in [6, 6.07) is 0. The van der Waals surface area contributed by atoms with E-state index in [1.54, 1.807) is 11.2 Å². The zero-order valence-corrected chi connectivity index (χ0v) is 4.82. The van der Waals surface area contributed by atoms with Gasteiger partial charge in [-0.2, -0.15) is 5.53 Å². The maximum absolute atomic E-state index is 9.61. The van der Waals surface area contributed by atoms with Gasteiger partial charge in [0.15, 0.2) is 0 Å². The van der Waals surface area contributed by atoms with E-state index >= 15 is 0 Å². The minimum atomic E-state index is 0.683. The van der Waals surface area contributed by atoms with Crippen molar-refractivity contribution < 1.29 is 0 Å². The van der Waals surface area contributed by atoms with Crippen LogP contribution in [-0.2, 0) is 0 Å². The molecule has 1 rings (SSSR count). The van der Waals surface area contributed by atoms with Gasteiger partial charge in [-0.15, -0.1) is 4.91 Å². The normalized spacial score (nSPS) is 15.8. The van der Waals surface area contributed by atoms with Gasteiger partial charge in [0.1, 0.15) is 0 Å².